The first kappa shape index (κ1) is 25.5. The number of aryl methyl sites for hydroxylation is 2. The van der Waals surface area contributed by atoms with Gasteiger partial charge in [-0.05, 0) is 113 Å². The maximum atomic E-state index is 13.7. The lowest BCUT2D eigenvalue weighted by atomic mass is 9.76. The smallest absolute Gasteiger partial charge is 0.158 e. The van der Waals surface area contributed by atoms with Crippen LogP contribution in [0, 0.1) is 19.8 Å². The fourth-order valence-corrected chi connectivity index (χ4v) is 9.23. The van der Waals surface area contributed by atoms with E-state index in [4.69, 9.17) is 0 Å². The van der Waals surface area contributed by atoms with Crippen LogP contribution in [-0.2, 0) is 4.79 Å². The summed E-state index contributed by atoms with van der Waals surface area (Å²) < 4.78 is 1.89. The summed E-state index contributed by atoms with van der Waals surface area (Å²) in [4.78, 5) is 27.3. The van der Waals surface area contributed by atoms with Crippen LogP contribution >= 0.6 is 11.3 Å². The van der Waals surface area contributed by atoms with Gasteiger partial charge in [-0.1, -0.05) is 20.3 Å². The summed E-state index contributed by atoms with van der Waals surface area (Å²) in [5.74, 6) is 1.83. The Morgan fingerprint density at radius 3 is 2.54 bits per heavy atom. The molecule has 2 aliphatic carbocycles. The SMILES string of the molecule is Cc1c(C2CCC(C(=O)C3(N4CCCCC4)CC3)CC2)sc2[nH]c(-c3cc(C)c4ncnn4c3)c(C(C)C)c12. The molecule has 0 radical (unpaired) electrons. The van der Waals surface area contributed by atoms with Gasteiger partial charge in [-0.25, -0.2) is 9.50 Å². The van der Waals surface area contributed by atoms with E-state index < -0.39 is 0 Å². The Labute approximate surface area is 235 Å². The average Bonchev–Trinajstić information content (AvgIpc) is 3.29. The lowest BCUT2D eigenvalue weighted by Gasteiger charge is -2.37. The van der Waals surface area contributed by atoms with Crippen LogP contribution in [0.25, 0.3) is 27.1 Å². The second-order valence-corrected chi connectivity index (χ2v) is 13.8. The topological polar surface area (TPSA) is 66.3 Å². The summed E-state index contributed by atoms with van der Waals surface area (Å²) in [6.45, 7) is 11.3. The number of nitrogens with zero attached hydrogens (tertiary/aromatic N) is 4. The summed E-state index contributed by atoms with van der Waals surface area (Å²) in [6, 6.07) is 2.23. The number of pyridine rings is 1. The van der Waals surface area contributed by atoms with Crippen molar-refractivity contribution in [3.05, 3.63) is 40.2 Å². The number of likely N-dealkylation sites (tertiary alicyclic amines) is 1. The van der Waals surface area contributed by atoms with Crippen molar-refractivity contribution in [1.29, 1.82) is 0 Å². The maximum absolute atomic E-state index is 13.7. The third-order valence-electron chi connectivity index (χ3n) is 10.00. The molecule has 1 saturated heterocycles. The van der Waals surface area contributed by atoms with Crippen LogP contribution in [0.1, 0.15) is 105 Å². The first-order chi connectivity index (χ1) is 18.9. The largest absolute Gasteiger partial charge is 0.346 e. The number of thiophene rings is 1. The Hall–Kier alpha value is -2.51. The first-order valence-electron chi connectivity index (χ1n) is 15.1. The van der Waals surface area contributed by atoms with Crippen LogP contribution < -0.4 is 0 Å². The Morgan fingerprint density at radius 1 is 1.10 bits per heavy atom. The molecule has 7 rings (SSSR count). The van der Waals surface area contributed by atoms with E-state index in [0.717, 1.165) is 62.8 Å². The van der Waals surface area contributed by atoms with Crippen LogP contribution in [-0.4, -0.2) is 48.9 Å². The summed E-state index contributed by atoms with van der Waals surface area (Å²) in [5.41, 5.74) is 7.20. The second kappa shape index (κ2) is 9.55. The molecule has 4 aromatic heterocycles. The van der Waals surface area contributed by atoms with E-state index >= 15 is 0 Å². The van der Waals surface area contributed by atoms with E-state index in [9.17, 15) is 4.79 Å². The number of piperidine rings is 1. The van der Waals surface area contributed by atoms with Crippen molar-refractivity contribution in [2.45, 2.75) is 103 Å². The average molecular weight is 544 g/mol. The van der Waals surface area contributed by atoms with Crippen molar-refractivity contribution >= 4 is 33.0 Å². The van der Waals surface area contributed by atoms with E-state index in [1.54, 1.807) is 6.33 Å². The van der Waals surface area contributed by atoms with Gasteiger partial charge in [0.2, 0.25) is 0 Å². The predicted molar refractivity (Wildman–Crippen MR) is 159 cm³/mol. The van der Waals surface area contributed by atoms with Gasteiger partial charge in [0.15, 0.2) is 11.4 Å². The Bertz CT molecular complexity index is 1540. The Kier molecular flexibility index (Phi) is 6.23. The molecule has 3 fully saturated rings. The molecular formula is C32H41N5OS. The monoisotopic (exact) mass is 543 g/mol. The minimum Gasteiger partial charge on any atom is -0.346 e. The van der Waals surface area contributed by atoms with Gasteiger partial charge in [-0.3, -0.25) is 9.69 Å². The highest BCUT2D eigenvalue weighted by Gasteiger charge is 2.55. The molecule has 4 aromatic rings. The van der Waals surface area contributed by atoms with E-state index in [1.165, 1.54) is 56.7 Å². The van der Waals surface area contributed by atoms with Gasteiger partial charge in [-0.15, -0.1) is 11.3 Å². The Morgan fingerprint density at radius 2 is 1.85 bits per heavy atom. The van der Waals surface area contributed by atoms with Crippen molar-refractivity contribution in [3.8, 4) is 11.3 Å². The number of Topliss-reactive ketones (excluding diaryl/α,β-unsaturated/α-hetero) is 1. The highest BCUT2D eigenvalue weighted by molar-refractivity contribution is 7.19. The number of ketones is 1. The van der Waals surface area contributed by atoms with Crippen LogP contribution in [0.15, 0.2) is 18.6 Å². The summed E-state index contributed by atoms with van der Waals surface area (Å²) in [6.07, 6.45) is 14.2. The summed E-state index contributed by atoms with van der Waals surface area (Å²) >= 11 is 1.95. The minimum absolute atomic E-state index is 0.0805. The zero-order chi connectivity index (χ0) is 26.9. The first-order valence-corrected chi connectivity index (χ1v) is 15.9. The number of rotatable bonds is 6. The number of hydrogen-bond acceptors (Lipinski definition) is 5. The molecule has 0 atom stereocenters. The number of carbonyl (C=O) groups is 1. The van der Waals surface area contributed by atoms with Crippen molar-refractivity contribution in [2.75, 3.05) is 13.1 Å². The molecule has 0 aromatic carbocycles. The highest BCUT2D eigenvalue weighted by Crippen LogP contribution is 2.51. The molecule has 5 heterocycles. The molecule has 6 nitrogen and oxygen atoms in total. The molecule has 39 heavy (non-hydrogen) atoms. The van der Waals surface area contributed by atoms with Gasteiger partial charge in [0.25, 0.3) is 0 Å². The third kappa shape index (κ3) is 4.10. The predicted octanol–water partition coefficient (Wildman–Crippen LogP) is 7.54. The fourth-order valence-electron chi connectivity index (χ4n) is 7.83. The highest BCUT2D eigenvalue weighted by atomic mass is 32.1. The van der Waals surface area contributed by atoms with Crippen molar-refractivity contribution in [1.82, 2.24) is 24.5 Å². The van der Waals surface area contributed by atoms with E-state index in [1.807, 2.05) is 15.9 Å². The summed E-state index contributed by atoms with van der Waals surface area (Å²) in [7, 11) is 0. The van der Waals surface area contributed by atoms with Crippen LogP contribution in [0.4, 0.5) is 0 Å². The molecule has 7 heteroatoms. The number of carbonyl (C=O) groups excluding carboxylic acids is 1. The number of nitrogens with one attached hydrogen (secondary N) is 1. The van der Waals surface area contributed by atoms with Gasteiger partial charge in [-0.2, -0.15) is 5.10 Å². The number of fused-ring (bicyclic) bond motifs is 2. The molecule has 0 bridgehead atoms. The van der Waals surface area contributed by atoms with Crippen LogP contribution in [0.2, 0.25) is 0 Å². The molecule has 0 amide bonds. The third-order valence-corrected chi connectivity index (χ3v) is 11.4. The van der Waals surface area contributed by atoms with Gasteiger partial charge in [0.1, 0.15) is 11.2 Å². The quantitative estimate of drug-likeness (QED) is 0.273. The molecule has 2 saturated carbocycles. The Balaban J connectivity index is 1.14. The number of hydrogen-bond donors (Lipinski definition) is 1. The molecule has 0 spiro atoms. The molecule has 206 valence electrons. The van der Waals surface area contributed by atoms with E-state index in [0.29, 0.717) is 17.6 Å². The van der Waals surface area contributed by atoms with E-state index in [-0.39, 0.29) is 11.5 Å². The van der Waals surface area contributed by atoms with Crippen molar-refractivity contribution < 1.29 is 4.79 Å². The van der Waals surface area contributed by atoms with Crippen LogP contribution in [0.5, 0.6) is 0 Å². The van der Waals surface area contributed by atoms with Gasteiger partial charge in [0, 0.05) is 27.9 Å². The molecule has 1 N–H and O–H groups in total. The number of H-pyrrole nitrogens is 1. The standard InChI is InChI=1S/C32H41N5OS/c1-19(2)25-26-21(4)28(39-31(26)35-27(25)24-16-20(3)30-33-18-34-37(30)17-24)22-8-10-23(11-9-22)29(38)32(12-13-32)36-14-6-5-7-15-36/h16-19,22-23,35H,5-15H2,1-4H3. The zero-order valence-electron chi connectivity index (χ0n) is 23.8. The second-order valence-electron chi connectivity index (χ2n) is 12.8. The normalized spacial score (nSPS) is 23.7. The molecule has 3 aliphatic rings. The molecular weight excluding hydrogens is 502 g/mol. The molecule has 1 aliphatic heterocycles. The number of aromatic nitrogens is 4. The van der Waals surface area contributed by atoms with Crippen LogP contribution in [0.3, 0.4) is 0 Å². The number of aromatic amines is 1. The van der Waals surface area contributed by atoms with E-state index in [2.05, 4.69) is 59.9 Å². The molecule has 0 unspecified atom stereocenters. The summed E-state index contributed by atoms with van der Waals surface area (Å²) in [5, 5.41) is 5.82. The van der Waals surface area contributed by atoms with Gasteiger partial charge < -0.3 is 4.98 Å². The fraction of sp³-hybridized carbons (Fsp3) is 0.594. The van der Waals surface area contributed by atoms with Gasteiger partial charge >= 0.3 is 0 Å². The zero-order valence-corrected chi connectivity index (χ0v) is 24.7. The lowest BCUT2D eigenvalue weighted by molar-refractivity contribution is -0.131. The lowest BCUT2D eigenvalue weighted by Crippen LogP contribution is -2.48. The minimum atomic E-state index is -0.0805. The van der Waals surface area contributed by atoms with Crippen molar-refractivity contribution in [3.63, 3.8) is 0 Å². The van der Waals surface area contributed by atoms with Crippen molar-refractivity contribution in [2.24, 2.45) is 5.92 Å². The maximum Gasteiger partial charge on any atom is 0.158 e. The van der Waals surface area contributed by atoms with Gasteiger partial charge in [0.05, 0.1) is 11.2 Å².